The largest absolute Gasteiger partial charge is 0.479 e. The van der Waals surface area contributed by atoms with Crippen molar-refractivity contribution in [3.8, 4) is 6.07 Å². The number of benzene rings is 2. The molecule has 2 amide bonds. The third-order valence-corrected chi connectivity index (χ3v) is 6.52. The van der Waals surface area contributed by atoms with Gasteiger partial charge in [0.05, 0.1) is 28.7 Å². The Hall–Kier alpha value is -3.64. The summed E-state index contributed by atoms with van der Waals surface area (Å²) in [6.45, 7) is 5.09. The summed E-state index contributed by atoms with van der Waals surface area (Å²) < 4.78 is 19.5. The lowest BCUT2D eigenvalue weighted by Crippen LogP contribution is -2.40. The van der Waals surface area contributed by atoms with Crippen LogP contribution in [0.1, 0.15) is 57.1 Å². The fraction of sp³-hybridized carbons (Fsp3) is 0.464. The Labute approximate surface area is 217 Å². The van der Waals surface area contributed by atoms with Gasteiger partial charge >= 0.3 is 12.0 Å². The van der Waals surface area contributed by atoms with E-state index in [0.29, 0.717) is 23.2 Å². The molecule has 0 saturated heterocycles. The van der Waals surface area contributed by atoms with Crippen LogP contribution in [-0.4, -0.2) is 42.9 Å². The van der Waals surface area contributed by atoms with E-state index in [9.17, 15) is 19.1 Å². The Morgan fingerprint density at radius 3 is 2.43 bits per heavy atom. The van der Waals surface area contributed by atoms with Crippen molar-refractivity contribution in [2.45, 2.75) is 64.5 Å². The summed E-state index contributed by atoms with van der Waals surface area (Å²) >= 11 is 0. The number of methoxy groups -OCH3 is 1. The minimum atomic E-state index is -1.07. The molecule has 0 heterocycles. The van der Waals surface area contributed by atoms with E-state index >= 15 is 0 Å². The number of carbonyl (C=O) groups excluding carboxylic acids is 1. The number of carboxylic acid groups (broad SMARTS) is 1. The SMILES string of the molecule is COC(Cc1ccc(N(CC(C)C)C2CCCCC2)c(NC(=O)Nc2ccc(C#N)cc2F)c1)C(=O)O. The number of rotatable bonds is 10. The van der Waals surface area contributed by atoms with E-state index in [1.165, 1.54) is 25.7 Å². The standard InChI is InChI=1S/C28H35FN4O4/c1-18(2)17-33(21-7-5-4-6-8-21)25-12-10-19(15-26(37-3)27(34)35)14-24(25)32-28(36)31-23-11-9-20(16-30)13-22(23)29/h9-14,18,21,26H,4-8,15,17H2,1-3H3,(H,34,35)(H2,31,32,36). The molecule has 2 aromatic rings. The molecule has 1 aliphatic carbocycles. The number of aliphatic carboxylic acids is 1. The molecule has 1 aliphatic rings. The Balaban J connectivity index is 1.95. The van der Waals surface area contributed by atoms with Crippen molar-refractivity contribution in [3.05, 3.63) is 53.3 Å². The molecule has 0 aromatic heterocycles. The first-order valence-electron chi connectivity index (χ1n) is 12.6. The summed E-state index contributed by atoms with van der Waals surface area (Å²) in [5.74, 6) is -1.41. The molecule has 2 aromatic carbocycles. The van der Waals surface area contributed by atoms with Gasteiger partial charge in [-0.1, -0.05) is 39.2 Å². The number of carboxylic acids is 1. The van der Waals surface area contributed by atoms with Crippen molar-refractivity contribution >= 4 is 29.1 Å². The number of nitrogens with zero attached hydrogens (tertiary/aromatic N) is 2. The van der Waals surface area contributed by atoms with Gasteiger partial charge in [-0.25, -0.2) is 14.0 Å². The number of urea groups is 1. The van der Waals surface area contributed by atoms with Gasteiger partial charge in [-0.2, -0.15) is 5.26 Å². The monoisotopic (exact) mass is 510 g/mol. The summed E-state index contributed by atoms with van der Waals surface area (Å²) in [6, 6.07) is 10.9. The highest BCUT2D eigenvalue weighted by Crippen LogP contribution is 2.34. The molecule has 9 heteroatoms. The van der Waals surface area contributed by atoms with Gasteiger partial charge in [0.1, 0.15) is 5.82 Å². The predicted molar refractivity (Wildman–Crippen MR) is 141 cm³/mol. The Morgan fingerprint density at radius 2 is 1.84 bits per heavy atom. The molecule has 3 rings (SSSR count). The number of carbonyl (C=O) groups is 2. The molecule has 198 valence electrons. The average molecular weight is 511 g/mol. The summed E-state index contributed by atoms with van der Waals surface area (Å²) in [5, 5.41) is 23.7. The molecule has 0 bridgehead atoms. The highest BCUT2D eigenvalue weighted by molar-refractivity contribution is 6.02. The molecular weight excluding hydrogens is 475 g/mol. The van der Waals surface area contributed by atoms with Crippen molar-refractivity contribution < 1.29 is 23.8 Å². The molecule has 0 spiro atoms. The summed E-state index contributed by atoms with van der Waals surface area (Å²) in [4.78, 5) is 26.8. The van der Waals surface area contributed by atoms with Crippen molar-refractivity contribution in [3.63, 3.8) is 0 Å². The molecule has 1 fully saturated rings. The third-order valence-electron chi connectivity index (χ3n) is 6.52. The quantitative estimate of drug-likeness (QED) is 0.373. The Kier molecular flexibility index (Phi) is 9.86. The van der Waals surface area contributed by atoms with Gasteiger partial charge in [0.15, 0.2) is 6.10 Å². The van der Waals surface area contributed by atoms with Crippen LogP contribution in [0.15, 0.2) is 36.4 Å². The topological polar surface area (TPSA) is 115 Å². The van der Waals surface area contributed by atoms with E-state index in [1.54, 1.807) is 6.07 Å². The van der Waals surface area contributed by atoms with Crippen molar-refractivity contribution in [2.75, 3.05) is 29.2 Å². The molecule has 1 saturated carbocycles. The maximum absolute atomic E-state index is 14.4. The van der Waals surface area contributed by atoms with Gasteiger partial charge in [-0.05, 0) is 54.7 Å². The van der Waals surface area contributed by atoms with Crippen LogP contribution in [0.5, 0.6) is 0 Å². The number of halogens is 1. The normalized spacial score (nSPS) is 14.6. The van der Waals surface area contributed by atoms with Crippen molar-refractivity contribution in [2.24, 2.45) is 5.92 Å². The second-order valence-corrected chi connectivity index (χ2v) is 9.84. The zero-order valence-corrected chi connectivity index (χ0v) is 21.6. The molecule has 1 atom stereocenters. The maximum atomic E-state index is 14.4. The van der Waals surface area contributed by atoms with Gasteiger partial charge in [0.25, 0.3) is 0 Å². The van der Waals surface area contributed by atoms with E-state index in [2.05, 4.69) is 29.4 Å². The van der Waals surface area contributed by atoms with Crippen LogP contribution in [0.2, 0.25) is 0 Å². The molecule has 0 aliphatic heterocycles. The fourth-order valence-electron chi connectivity index (χ4n) is 4.74. The summed E-state index contributed by atoms with van der Waals surface area (Å²) in [5.41, 5.74) is 2.14. The minimum absolute atomic E-state index is 0.0501. The van der Waals surface area contributed by atoms with Crippen LogP contribution in [0, 0.1) is 23.1 Å². The zero-order chi connectivity index (χ0) is 26.9. The first-order valence-corrected chi connectivity index (χ1v) is 12.6. The van der Waals surface area contributed by atoms with Crippen LogP contribution in [-0.2, 0) is 16.0 Å². The number of nitrogens with one attached hydrogen (secondary N) is 2. The first-order chi connectivity index (χ1) is 17.7. The zero-order valence-electron chi connectivity index (χ0n) is 21.6. The number of ether oxygens (including phenoxy) is 1. The Morgan fingerprint density at radius 1 is 1.14 bits per heavy atom. The highest BCUT2D eigenvalue weighted by Gasteiger charge is 2.26. The number of nitriles is 1. The van der Waals surface area contributed by atoms with Gasteiger partial charge in [0.2, 0.25) is 0 Å². The van der Waals surface area contributed by atoms with E-state index in [1.807, 2.05) is 18.2 Å². The number of amides is 2. The fourth-order valence-corrected chi connectivity index (χ4v) is 4.74. The van der Waals surface area contributed by atoms with E-state index in [0.717, 1.165) is 44.0 Å². The van der Waals surface area contributed by atoms with Crippen molar-refractivity contribution in [1.82, 2.24) is 0 Å². The number of hydrogen-bond acceptors (Lipinski definition) is 5. The molecule has 3 N–H and O–H groups in total. The Bertz CT molecular complexity index is 1140. The number of anilines is 3. The lowest BCUT2D eigenvalue weighted by Gasteiger charge is -2.38. The lowest BCUT2D eigenvalue weighted by molar-refractivity contribution is -0.148. The van der Waals surface area contributed by atoms with Gasteiger partial charge in [-0.3, -0.25) is 0 Å². The third kappa shape index (κ3) is 7.67. The maximum Gasteiger partial charge on any atom is 0.333 e. The van der Waals surface area contributed by atoms with Crippen LogP contribution < -0.4 is 15.5 Å². The van der Waals surface area contributed by atoms with Crippen LogP contribution in [0.25, 0.3) is 0 Å². The first kappa shape index (κ1) is 27.9. The highest BCUT2D eigenvalue weighted by atomic mass is 19.1. The smallest absolute Gasteiger partial charge is 0.333 e. The van der Waals surface area contributed by atoms with E-state index in [-0.39, 0.29) is 17.7 Å². The summed E-state index contributed by atoms with van der Waals surface area (Å²) in [7, 11) is 1.35. The van der Waals surface area contributed by atoms with Crippen LogP contribution in [0.3, 0.4) is 0 Å². The van der Waals surface area contributed by atoms with Crippen LogP contribution in [0.4, 0.5) is 26.2 Å². The summed E-state index contributed by atoms with van der Waals surface area (Å²) in [6.07, 6.45) is 4.72. The predicted octanol–water partition coefficient (Wildman–Crippen LogP) is 5.78. The van der Waals surface area contributed by atoms with E-state index in [4.69, 9.17) is 10.00 Å². The van der Waals surface area contributed by atoms with Crippen LogP contribution >= 0.6 is 0 Å². The van der Waals surface area contributed by atoms with Gasteiger partial charge in [0, 0.05) is 26.1 Å². The van der Waals surface area contributed by atoms with E-state index < -0.39 is 23.9 Å². The second kappa shape index (κ2) is 13.1. The number of hydrogen-bond donors (Lipinski definition) is 3. The second-order valence-electron chi connectivity index (χ2n) is 9.84. The van der Waals surface area contributed by atoms with Gasteiger partial charge < -0.3 is 25.4 Å². The molecule has 0 radical (unpaired) electrons. The average Bonchev–Trinajstić information content (AvgIpc) is 2.87. The molecular formula is C28H35FN4O4. The lowest BCUT2D eigenvalue weighted by atomic mass is 9.92. The van der Waals surface area contributed by atoms with Crippen molar-refractivity contribution in [1.29, 1.82) is 5.26 Å². The van der Waals surface area contributed by atoms with Gasteiger partial charge in [-0.15, -0.1) is 0 Å². The molecule has 1 unspecified atom stereocenters. The molecule has 37 heavy (non-hydrogen) atoms. The molecule has 8 nitrogen and oxygen atoms in total. The minimum Gasteiger partial charge on any atom is -0.479 e.